The number of nitrogens with zero attached hydrogens (tertiary/aromatic N) is 3. The molecule has 0 aliphatic carbocycles. The Morgan fingerprint density at radius 1 is 1.39 bits per heavy atom. The minimum atomic E-state index is -0.458. The molecule has 0 radical (unpaired) electrons. The second-order valence-electron chi connectivity index (χ2n) is 6.12. The SMILES string of the molecule is O=C(NC1COC2(CCNCC2)C1)c1cnc2nc[nH]n2c1=O. The number of rotatable bonds is 2. The van der Waals surface area contributed by atoms with Gasteiger partial charge in [0, 0.05) is 6.20 Å². The first kappa shape index (κ1) is 14.3. The predicted molar refractivity (Wildman–Crippen MR) is 80.3 cm³/mol. The normalized spacial score (nSPS) is 23.4. The Kier molecular flexibility index (Phi) is 3.38. The van der Waals surface area contributed by atoms with Gasteiger partial charge in [-0.1, -0.05) is 0 Å². The minimum Gasteiger partial charge on any atom is -0.373 e. The Bertz CT molecular complexity index is 791. The second kappa shape index (κ2) is 5.43. The van der Waals surface area contributed by atoms with Crippen LogP contribution < -0.4 is 16.2 Å². The molecule has 2 aromatic heterocycles. The molecule has 9 nitrogen and oxygen atoms in total. The first-order valence-corrected chi connectivity index (χ1v) is 7.74. The monoisotopic (exact) mass is 318 g/mol. The molecule has 4 rings (SSSR count). The van der Waals surface area contributed by atoms with E-state index in [4.69, 9.17) is 4.74 Å². The van der Waals surface area contributed by atoms with Crippen molar-refractivity contribution in [3.63, 3.8) is 0 Å². The molecule has 2 aromatic rings. The van der Waals surface area contributed by atoms with Crippen molar-refractivity contribution in [2.45, 2.75) is 30.9 Å². The van der Waals surface area contributed by atoms with Crippen molar-refractivity contribution in [3.05, 3.63) is 28.4 Å². The number of piperidine rings is 1. The molecule has 2 aliphatic heterocycles. The van der Waals surface area contributed by atoms with Crippen molar-refractivity contribution in [1.29, 1.82) is 0 Å². The molecule has 2 aliphatic rings. The van der Waals surface area contributed by atoms with Crippen molar-refractivity contribution >= 4 is 11.7 Å². The average Bonchev–Trinajstić information content (AvgIpc) is 3.16. The van der Waals surface area contributed by atoms with E-state index in [0.717, 1.165) is 36.9 Å². The van der Waals surface area contributed by atoms with Gasteiger partial charge in [0.2, 0.25) is 0 Å². The lowest BCUT2D eigenvalue weighted by Crippen LogP contribution is -2.43. The van der Waals surface area contributed by atoms with E-state index in [1.54, 1.807) is 0 Å². The topological polar surface area (TPSA) is 113 Å². The number of carbonyl (C=O) groups is 1. The van der Waals surface area contributed by atoms with Crippen LogP contribution in [0.25, 0.3) is 5.78 Å². The molecule has 1 amide bonds. The predicted octanol–water partition coefficient (Wildman–Crippen LogP) is -0.941. The van der Waals surface area contributed by atoms with Crippen LogP contribution in [0.15, 0.2) is 17.3 Å². The molecule has 23 heavy (non-hydrogen) atoms. The van der Waals surface area contributed by atoms with Gasteiger partial charge in [-0.15, -0.1) is 0 Å². The number of H-pyrrole nitrogens is 1. The van der Waals surface area contributed by atoms with Crippen LogP contribution in [0.1, 0.15) is 29.6 Å². The fourth-order valence-electron chi connectivity index (χ4n) is 3.39. The number of fused-ring (bicyclic) bond motifs is 1. The summed E-state index contributed by atoms with van der Waals surface area (Å²) >= 11 is 0. The quantitative estimate of drug-likeness (QED) is 0.658. The van der Waals surface area contributed by atoms with E-state index in [9.17, 15) is 9.59 Å². The molecule has 9 heteroatoms. The summed E-state index contributed by atoms with van der Waals surface area (Å²) < 4.78 is 7.10. The van der Waals surface area contributed by atoms with Crippen LogP contribution in [-0.2, 0) is 4.74 Å². The first-order valence-electron chi connectivity index (χ1n) is 7.74. The third-order valence-corrected chi connectivity index (χ3v) is 4.61. The molecule has 1 atom stereocenters. The summed E-state index contributed by atoms with van der Waals surface area (Å²) in [6, 6.07) is -0.0811. The second-order valence-corrected chi connectivity index (χ2v) is 6.12. The van der Waals surface area contributed by atoms with E-state index < -0.39 is 11.5 Å². The van der Waals surface area contributed by atoms with E-state index in [-0.39, 0.29) is 23.0 Å². The van der Waals surface area contributed by atoms with Crippen molar-refractivity contribution in [2.75, 3.05) is 19.7 Å². The van der Waals surface area contributed by atoms with Gasteiger partial charge in [0.05, 0.1) is 18.2 Å². The fourth-order valence-corrected chi connectivity index (χ4v) is 3.39. The summed E-state index contributed by atoms with van der Waals surface area (Å²) in [5.74, 6) is -0.185. The van der Waals surface area contributed by atoms with Crippen molar-refractivity contribution in [2.24, 2.45) is 0 Å². The van der Waals surface area contributed by atoms with Gasteiger partial charge >= 0.3 is 0 Å². The zero-order valence-electron chi connectivity index (χ0n) is 12.5. The third kappa shape index (κ3) is 2.51. The number of hydrogen-bond donors (Lipinski definition) is 3. The maximum atomic E-state index is 12.4. The molecule has 122 valence electrons. The molecular weight excluding hydrogens is 300 g/mol. The number of aromatic amines is 1. The zero-order valence-corrected chi connectivity index (χ0v) is 12.5. The van der Waals surface area contributed by atoms with Gasteiger partial charge < -0.3 is 15.4 Å². The van der Waals surface area contributed by atoms with Gasteiger partial charge in [0.25, 0.3) is 17.2 Å². The summed E-state index contributed by atoms with van der Waals surface area (Å²) in [7, 11) is 0. The largest absolute Gasteiger partial charge is 0.373 e. The number of carbonyl (C=O) groups excluding carboxylic acids is 1. The van der Waals surface area contributed by atoms with Crippen LogP contribution in [0.5, 0.6) is 0 Å². The molecular formula is C14H18N6O3. The Labute approximate surface area is 131 Å². The molecule has 0 bridgehead atoms. The maximum absolute atomic E-state index is 12.4. The summed E-state index contributed by atoms with van der Waals surface area (Å²) in [5.41, 5.74) is -0.595. The highest BCUT2D eigenvalue weighted by Gasteiger charge is 2.41. The number of amides is 1. The van der Waals surface area contributed by atoms with E-state index in [2.05, 4.69) is 25.7 Å². The number of ether oxygens (including phenoxy) is 1. The molecule has 2 fully saturated rings. The molecule has 4 heterocycles. The number of nitrogens with one attached hydrogen (secondary N) is 3. The number of hydrogen-bond acceptors (Lipinski definition) is 6. The van der Waals surface area contributed by atoms with Gasteiger partial charge in [0.15, 0.2) is 0 Å². The lowest BCUT2D eigenvalue weighted by atomic mass is 9.88. The van der Waals surface area contributed by atoms with Gasteiger partial charge in [-0.2, -0.15) is 4.52 Å². The van der Waals surface area contributed by atoms with Gasteiger partial charge in [0.1, 0.15) is 11.9 Å². The highest BCUT2D eigenvalue weighted by Crippen LogP contribution is 2.33. The Morgan fingerprint density at radius 3 is 3.04 bits per heavy atom. The van der Waals surface area contributed by atoms with E-state index in [0.29, 0.717) is 6.61 Å². The highest BCUT2D eigenvalue weighted by molar-refractivity contribution is 5.93. The summed E-state index contributed by atoms with van der Waals surface area (Å²) in [6.45, 7) is 2.34. The van der Waals surface area contributed by atoms with Crippen LogP contribution in [-0.4, -0.2) is 56.8 Å². The lowest BCUT2D eigenvalue weighted by molar-refractivity contribution is -0.0194. The summed E-state index contributed by atoms with van der Waals surface area (Å²) in [4.78, 5) is 32.5. The zero-order chi connectivity index (χ0) is 15.9. The first-order chi connectivity index (χ1) is 11.2. The van der Waals surface area contributed by atoms with E-state index in [1.807, 2.05) is 0 Å². The van der Waals surface area contributed by atoms with Gasteiger partial charge in [-0.05, 0) is 32.4 Å². The molecule has 0 saturated carbocycles. The van der Waals surface area contributed by atoms with E-state index in [1.165, 1.54) is 12.5 Å². The average molecular weight is 318 g/mol. The van der Waals surface area contributed by atoms with Crippen LogP contribution in [0.3, 0.4) is 0 Å². The van der Waals surface area contributed by atoms with Crippen molar-refractivity contribution < 1.29 is 9.53 Å². The molecule has 2 saturated heterocycles. The van der Waals surface area contributed by atoms with Gasteiger partial charge in [-0.3, -0.25) is 14.7 Å². The highest BCUT2D eigenvalue weighted by atomic mass is 16.5. The standard InChI is InChI=1S/C14H18N6O3/c21-11(10-6-16-13-17-8-18-20(13)12(10)22)19-9-5-14(23-7-9)1-3-15-4-2-14/h6,8-9,15H,1-5,7H2,(H,19,21)(H,16,17,18). The maximum Gasteiger partial charge on any atom is 0.286 e. The summed E-state index contributed by atoms with van der Waals surface area (Å²) in [6.07, 6.45) is 5.30. The Balaban J connectivity index is 1.49. The Morgan fingerprint density at radius 2 is 2.22 bits per heavy atom. The molecule has 1 unspecified atom stereocenters. The molecule has 1 spiro atoms. The van der Waals surface area contributed by atoms with Crippen molar-refractivity contribution in [3.8, 4) is 0 Å². The minimum absolute atomic E-state index is 0.00184. The summed E-state index contributed by atoms with van der Waals surface area (Å²) in [5, 5.41) is 8.84. The smallest absolute Gasteiger partial charge is 0.286 e. The van der Waals surface area contributed by atoms with Gasteiger partial charge in [-0.25, -0.2) is 9.97 Å². The lowest BCUT2D eigenvalue weighted by Gasteiger charge is -2.32. The number of aromatic nitrogens is 4. The van der Waals surface area contributed by atoms with E-state index >= 15 is 0 Å². The molecule has 0 aromatic carbocycles. The Hall–Kier alpha value is -2.26. The van der Waals surface area contributed by atoms with Crippen LogP contribution in [0.4, 0.5) is 0 Å². The third-order valence-electron chi connectivity index (χ3n) is 4.61. The van der Waals surface area contributed by atoms with Crippen molar-refractivity contribution in [1.82, 2.24) is 30.2 Å². The van der Waals surface area contributed by atoms with Crippen LogP contribution >= 0.6 is 0 Å². The van der Waals surface area contributed by atoms with Crippen LogP contribution in [0.2, 0.25) is 0 Å². The molecule has 3 N–H and O–H groups in total. The van der Waals surface area contributed by atoms with Crippen LogP contribution in [0, 0.1) is 0 Å². The fraction of sp³-hybridized carbons (Fsp3) is 0.571.